The lowest BCUT2D eigenvalue weighted by Gasteiger charge is -2.28. The Kier molecular flexibility index (Phi) is 11.1. The number of quaternary nitrogens is 1. The van der Waals surface area contributed by atoms with Gasteiger partial charge in [0.15, 0.2) is 6.10 Å². The number of carboxylic acid groups (broad SMARTS) is 2. The van der Waals surface area contributed by atoms with Gasteiger partial charge in [-0.3, -0.25) is 9.59 Å². The summed E-state index contributed by atoms with van der Waals surface area (Å²) in [7, 11) is 6.38. The van der Waals surface area contributed by atoms with E-state index in [-0.39, 0.29) is 13.0 Å². The van der Waals surface area contributed by atoms with Gasteiger partial charge in [-0.2, -0.15) is 0 Å². The Morgan fingerprint density at radius 2 is 1.58 bits per heavy atom. The Labute approximate surface area is 179 Å². The van der Waals surface area contributed by atoms with Crippen LogP contribution in [0.5, 0.6) is 0 Å². The van der Waals surface area contributed by atoms with Gasteiger partial charge in [0, 0.05) is 0 Å². The molecule has 0 spiro atoms. The van der Waals surface area contributed by atoms with Crippen molar-refractivity contribution in [2.75, 3.05) is 41.4 Å². The van der Waals surface area contributed by atoms with Crippen LogP contribution in [0.1, 0.15) is 26.2 Å². The van der Waals surface area contributed by atoms with Crippen molar-refractivity contribution in [1.82, 2.24) is 0 Å². The zero-order valence-corrected chi connectivity index (χ0v) is 18.1. The molecular weight excluding hydrogens is 422 g/mol. The Balaban J connectivity index is 5.40. The predicted octanol–water partition coefficient (Wildman–Crippen LogP) is -2.58. The molecule has 0 aromatic heterocycles. The van der Waals surface area contributed by atoms with Gasteiger partial charge >= 0.3 is 30.2 Å². The minimum absolute atomic E-state index is 0.0792. The number of carbonyl (C=O) groups is 5. The first-order valence-electron chi connectivity index (χ1n) is 9.20. The summed E-state index contributed by atoms with van der Waals surface area (Å²) in [5.41, 5.74) is -2.96. The summed E-state index contributed by atoms with van der Waals surface area (Å²) in [4.78, 5) is 58.0. The molecule has 0 aliphatic rings. The molecule has 0 bridgehead atoms. The summed E-state index contributed by atoms with van der Waals surface area (Å²) >= 11 is 0. The number of hydrogen-bond acceptors (Lipinski definition) is 11. The van der Waals surface area contributed by atoms with E-state index in [1.165, 1.54) is 6.92 Å². The number of rotatable bonds is 14. The molecule has 0 saturated carbocycles. The molecule has 0 aromatic carbocycles. The number of aliphatic hydroxyl groups is 1. The molecule has 2 N–H and O–H groups in total. The molecule has 31 heavy (non-hydrogen) atoms. The molecule has 13 nitrogen and oxygen atoms in total. The number of nitrogens with zero attached hydrogens (tertiary/aromatic N) is 1. The second-order valence-electron chi connectivity index (χ2n) is 7.63. The minimum Gasteiger partial charge on any atom is -0.547 e. The minimum atomic E-state index is -2.96. The standard InChI is InChI=1S/C18H29NO12/c1-6-11(14(22)23)30-15(24)16(29-8-7-19(2,3)4)31-13(21)10-18(27,17(25)26)9-12(20)28-5/h11,16,27H,6-10H2,1-5H3,(H-,22,23,25,26). The Bertz CT molecular complexity index is 671. The molecule has 0 rings (SSSR count). The van der Waals surface area contributed by atoms with Crippen LogP contribution in [-0.4, -0.2) is 104 Å². The van der Waals surface area contributed by atoms with Gasteiger partial charge in [0.05, 0.1) is 47.1 Å². The van der Waals surface area contributed by atoms with E-state index in [4.69, 9.17) is 19.3 Å². The molecular formula is C18H29NO12. The smallest absolute Gasteiger partial charge is 0.377 e. The van der Waals surface area contributed by atoms with Gasteiger partial charge in [-0.05, 0) is 6.42 Å². The summed E-state index contributed by atoms with van der Waals surface area (Å²) < 4.78 is 19.4. The Hall–Kier alpha value is -2.77. The van der Waals surface area contributed by atoms with E-state index in [0.717, 1.165) is 7.11 Å². The quantitative estimate of drug-likeness (QED) is 0.122. The molecule has 3 atom stereocenters. The third-order valence-electron chi connectivity index (χ3n) is 3.85. The average Bonchev–Trinajstić information content (AvgIpc) is 2.63. The molecule has 0 aliphatic heterocycles. The van der Waals surface area contributed by atoms with Gasteiger partial charge in [-0.25, -0.2) is 9.59 Å². The third kappa shape index (κ3) is 10.7. The van der Waals surface area contributed by atoms with Gasteiger partial charge in [0.1, 0.15) is 18.8 Å². The summed E-state index contributed by atoms with van der Waals surface area (Å²) in [5, 5.41) is 30.3. The molecule has 3 unspecified atom stereocenters. The molecule has 0 aromatic rings. The second-order valence-corrected chi connectivity index (χ2v) is 7.63. The first-order chi connectivity index (χ1) is 14.1. The van der Waals surface area contributed by atoms with Crippen LogP contribution in [0.15, 0.2) is 0 Å². The summed E-state index contributed by atoms with van der Waals surface area (Å²) in [6.45, 7) is 1.67. The largest absolute Gasteiger partial charge is 0.547 e. The van der Waals surface area contributed by atoms with Gasteiger partial charge in [0.2, 0.25) is 0 Å². The summed E-state index contributed by atoms with van der Waals surface area (Å²) in [6.07, 6.45) is -6.03. The van der Waals surface area contributed by atoms with E-state index in [2.05, 4.69) is 4.74 Å². The highest BCUT2D eigenvalue weighted by Gasteiger charge is 2.38. The Morgan fingerprint density at radius 3 is 2.00 bits per heavy atom. The van der Waals surface area contributed by atoms with Crippen molar-refractivity contribution < 1.29 is 62.7 Å². The van der Waals surface area contributed by atoms with Crippen LogP contribution in [0.4, 0.5) is 0 Å². The van der Waals surface area contributed by atoms with Crippen LogP contribution in [0.25, 0.3) is 0 Å². The fraction of sp³-hybridized carbons (Fsp3) is 0.722. The maximum absolute atomic E-state index is 12.3. The van der Waals surface area contributed by atoms with Crippen LogP contribution in [-0.2, 0) is 42.9 Å². The van der Waals surface area contributed by atoms with Gasteiger partial charge in [0.25, 0.3) is 0 Å². The molecule has 178 valence electrons. The van der Waals surface area contributed by atoms with Crippen LogP contribution in [0.3, 0.4) is 0 Å². The monoisotopic (exact) mass is 451 g/mol. The predicted molar refractivity (Wildman–Crippen MR) is 97.7 cm³/mol. The van der Waals surface area contributed by atoms with Gasteiger partial charge < -0.3 is 43.5 Å². The molecule has 0 heterocycles. The Morgan fingerprint density at radius 1 is 1.03 bits per heavy atom. The van der Waals surface area contributed by atoms with E-state index in [0.29, 0.717) is 11.0 Å². The van der Waals surface area contributed by atoms with E-state index in [1.807, 2.05) is 21.1 Å². The molecule has 0 fully saturated rings. The molecule has 0 saturated heterocycles. The highest BCUT2D eigenvalue weighted by molar-refractivity contribution is 5.89. The number of hydrogen-bond donors (Lipinski definition) is 2. The number of esters is 3. The zero-order valence-electron chi connectivity index (χ0n) is 18.1. The highest BCUT2D eigenvalue weighted by atomic mass is 16.7. The number of likely N-dealkylation sites (N-methyl/N-ethyl adjacent to an activating group) is 1. The van der Waals surface area contributed by atoms with Crippen molar-refractivity contribution in [3.8, 4) is 0 Å². The van der Waals surface area contributed by atoms with Gasteiger partial charge in [-0.15, -0.1) is 0 Å². The number of ether oxygens (including phenoxy) is 4. The van der Waals surface area contributed by atoms with Crippen LogP contribution < -0.4 is 5.11 Å². The number of methoxy groups -OCH3 is 1. The summed E-state index contributed by atoms with van der Waals surface area (Å²) in [5.74, 6) is -7.49. The lowest BCUT2D eigenvalue weighted by Crippen LogP contribution is -2.51. The van der Waals surface area contributed by atoms with E-state index in [9.17, 15) is 34.2 Å². The van der Waals surface area contributed by atoms with E-state index in [1.54, 1.807) is 0 Å². The van der Waals surface area contributed by atoms with Crippen LogP contribution >= 0.6 is 0 Å². The molecule has 13 heteroatoms. The lowest BCUT2D eigenvalue weighted by atomic mass is 9.96. The van der Waals surface area contributed by atoms with Crippen molar-refractivity contribution in [2.24, 2.45) is 0 Å². The van der Waals surface area contributed by atoms with Crippen molar-refractivity contribution in [1.29, 1.82) is 0 Å². The van der Waals surface area contributed by atoms with Crippen LogP contribution in [0, 0.1) is 0 Å². The molecule has 0 amide bonds. The van der Waals surface area contributed by atoms with Gasteiger partial charge in [-0.1, -0.05) is 6.92 Å². The highest BCUT2D eigenvalue weighted by Crippen LogP contribution is 2.18. The third-order valence-corrected chi connectivity index (χ3v) is 3.85. The fourth-order valence-electron chi connectivity index (χ4n) is 2.01. The topological polar surface area (TPSA) is 186 Å². The average molecular weight is 451 g/mol. The van der Waals surface area contributed by atoms with Crippen molar-refractivity contribution in [2.45, 2.75) is 44.2 Å². The fourth-order valence-corrected chi connectivity index (χ4v) is 2.01. The zero-order chi connectivity index (χ0) is 24.4. The first-order valence-corrected chi connectivity index (χ1v) is 9.20. The summed E-state index contributed by atoms with van der Waals surface area (Å²) in [6, 6.07) is 0. The van der Waals surface area contributed by atoms with Crippen molar-refractivity contribution >= 4 is 29.8 Å². The van der Waals surface area contributed by atoms with Crippen molar-refractivity contribution in [3.63, 3.8) is 0 Å². The maximum Gasteiger partial charge on any atom is 0.377 e. The van der Waals surface area contributed by atoms with E-state index >= 15 is 0 Å². The van der Waals surface area contributed by atoms with Crippen LogP contribution in [0.2, 0.25) is 0 Å². The second kappa shape index (κ2) is 12.2. The van der Waals surface area contributed by atoms with Crippen molar-refractivity contribution in [3.05, 3.63) is 0 Å². The molecule has 0 aliphatic carbocycles. The van der Waals surface area contributed by atoms with E-state index < -0.39 is 60.7 Å². The number of carbonyl (C=O) groups excluding carboxylic acids is 4. The first kappa shape index (κ1) is 28.2. The maximum atomic E-state index is 12.3. The number of aliphatic carboxylic acids is 2. The SMILES string of the molecule is CCC(OC(=O)C(OCC[N+](C)(C)C)OC(=O)CC(O)(CC(=O)OC)C(=O)[O-])C(=O)O. The molecule has 0 radical (unpaired) electrons. The normalized spacial score (nSPS) is 15.2. The number of carboxylic acids is 2. The lowest BCUT2D eigenvalue weighted by molar-refractivity contribution is -0.870.